The Morgan fingerprint density at radius 3 is 2.69 bits per heavy atom. The Hall–Kier alpha value is -2.28. The Morgan fingerprint density at radius 2 is 2.04 bits per heavy atom. The number of carbonyl (C=O) groups excluding carboxylic acids is 1. The summed E-state index contributed by atoms with van der Waals surface area (Å²) in [5.41, 5.74) is 2.11. The van der Waals surface area contributed by atoms with Gasteiger partial charge in [0.25, 0.3) is 0 Å². The number of rotatable bonds is 5. The Morgan fingerprint density at radius 1 is 1.27 bits per heavy atom. The van der Waals surface area contributed by atoms with E-state index in [1.165, 1.54) is 11.0 Å². The number of aromatic nitrogens is 1. The van der Waals surface area contributed by atoms with Gasteiger partial charge >= 0.3 is 0 Å². The van der Waals surface area contributed by atoms with E-state index in [1.54, 1.807) is 30.6 Å². The molecule has 1 fully saturated rings. The third-order valence-corrected chi connectivity index (χ3v) is 6.51. The zero-order valence-electron chi connectivity index (χ0n) is 14.6. The highest BCUT2D eigenvalue weighted by Crippen LogP contribution is 2.22. The molecule has 1 aromatic heterocycles. The largest absolute Gasteiger partial charge is 0.334 e. The number of nitrogens with zero attached hydrogens (tertiary/aromatic N) is 2. The molecule has 0 spiro atoms. The minimum Gasteiger partial charge on any atom is -0.334 e. The van der Waals surface area contributed by atoms with E-state index in [2.05, 4.69) is 4.98 Å². The predicted octanol–water partition coefficient (Wildman–Crippen LogP) is 2.29. The van der Waals surface area contributed by atoms with Crippen LogP contribution in [0.1, 0.15) is 23.1 Å². The Labute approximate surface area is 152 Å². The minimum absolute atomic E-state index is 0.0602. The average Bonchev–Trinajstić information content (AvgIpc) is 2.95. The summed E-state index contributed by atoms with van der Waals surface area (Å²) in [5.74, 6) is -0.626. The summed E-state index contributed by atoms with van der Waals surface area (Å²) >= 11 is 0. The Balaban J connectivity index is 1.86. The van der Waals surface area contributed by atoms with Gasteiger partial charge in [0.05, 0.1) is 17.9 Å². The van der Waals surface area contributed by atoms with Crippen LogP contribution in [-0.2, 0) is 27.6 Å². The summed E-state index contributed by atoms with van der Waals surface area (Å²) in [4.78, 5) is 18.5. The quantitative estimate of drug-likeness (QED) is 0.803. The van der Waals surface area contributed by atoms with Crippen LogP contribution in [0.2, 0.25) is 0 Å². The first kappa shape index (κ1) is 18.5. The topological polar surface area (TPSA) is 67.3 Å². The molecule has 0 saturated carbocycles. The van der Waals surface area contributed by atoms with E-state index < -0.39 is 21.7 Å². The van der Waals surface area contributed by atoms with Gasteiger partial charge in [0.2, 0.25) is 5.91 Å². The van der Waals surface area contributed by atoms with Gasteiger partial charge in [-0.2, -0.15) is 0 Å². The summed E-state index contributed by atoms with van der Waals surface area (Å²) in [7, 11) is -3.16. The predicted molar refractivity (Wildman–Crippen MR) is 96.7 cm³/mol. The molecular weight excluding hydrogens is 355 g/mol. The molecule has 3 rings (SSSR count). The zero-order chi connectivity index (χ0) is 18.7. The van der Waals surface area contributed by atoms with E-state index in [0.29, 0.717) is 12.0 Å². The van der Waals surface area contributed by atoms with Crippen LogP contribution in [0.4, 0.5) is 4.39 Å². The smallest absolute Gasteiger partial charge is 0.227 e. The van der Waals surface area contributed by atoms with Crippen molar-refractivity contribution >= 4 is 15.7 Å². The summed E-state index contributed by atoms with van der Waals surface area (Å²) in [6.45, 7) is 1.95. The van der Waals surface area contributed by atoms with Crippen molar-refractivity contribution in [2.24, 2.45) is 0 Å². The number of sulfone groups is 1. The maximum atomic E-state index is 14.1. The van der Waals surface area contributed by atoms with Crippen LogP contribution >= 0.6 is 0 Å². The molecular formula is C19H21FN2O3S. The van der Waals surface area contributed by atoms with Crippen molar-refractivity contribution in [3.05, 3.63) is 65.2 Å². The van der Waals surface area contributed by atoms with Crippen molar-refractivity contribution in [3.8, 4) is 0 Å². The number of pyridine rings is 1. The van der Waals surface area contributed by atoms with Crippen LogP contribution in [0, 0.1) is 12.7 Å². The summed E-state index contributed by atoms with van der Waals surface area (Å²) < 4.78 is 37.8. The highest BCUT2D eigenvalue weighted by molar-refractivity contribution is 7.91. The molecule has 1 aromatic carbocycles. The monoisotopic (exact) mass is 376 g/mol. The second-order valence-electron chi connectivity index (χ2n) is 6.65. The molecule has 0 N–H and O–H groups in total. The first-order valence-electron chi connectivity index (χ1n) is 8.48. The highest BCUT2D eigenvalue weighted by Gasteiger charge is 2.35. The fourth-order valence-electron chi connectivity index (χ4n) is 3.20. The van der Waals surface area contributed by atoms with Crippen molar-refractivity contribution in [1.29, 1.82) is 0 Å². The van der Waals surface area contributed by atoms with Crippen LogP contribution in [0.3, 0.4) is 0 Å². The molecule has 1 amide bonds. The standard InChI is InChI=1S/C19H21FN2O3S/c1-14-6-8-21-11-16(14)10-19(23)22(17-7-9-26(24,25)13-17)12-15-4-2-3-5-18(15)20/h2-6,8,11,17H,7,9-10,12-13H2,1H3. The molecule has 2 heterocycles. The van der Waals surface area contributed by atoms with Crippen LogP contribution < -0.4 is 0 Å². The third-order valence-electron chi connectivity index (χ3n) is 4.76. The molecule has 26 heavy (non-hydrogen) atoms. The molecule has 138 valence electrons. The van der Waals surface area contributed by atoms with Gasteiger partial charge in [0.15, 0.2) is 9.84 Å². The normalized spacial score (nSPS) is 18.6. The first-order chi connectivity index (χ1) is 12.4. The maximum Gasteiger partial charge on any atom is 0.227 e. The Kier molecular flexibility index (Phi) is 5.36. The number of carbonyl (C=O) groups is 1. The first-order valence-corrected chi connectivity index (χ1v) is 10.3. The van der Waals surface area contributed by atoms with Gasteiger partial charge in [-0.15, -0.1) is 0 Å². The van der Waals surface area contributed by atoms with Crippen molar-refractivity contribution < 1.29 is 17.6 Å². The number of benzene rings is 1. The highest BCUT2D eigenvalue weighted by atomic mass is 32.2. The van der Waals surface area contributed by atoms with Crippen molar-refractivity contribution in [1.82, 2.24) is 9.88 Å². The fraction of sp³-hybridized carbons (Fsp3) is 0.368. The number of halogens is 1. The lowest BCUT2D eigenvalue weighted by atomic mass is 10.1. The molecule has 1 saturated heterocycles. The van der Waals surface area contributed by atoms with Gasteiger partial charge in [-0.3, -0.25) is 9.78 Å². The lowest BCUT2D eigenvalue weighted by Crippen LogP contribution is -2.41. The zero-order valence-corrected chi connectivity index (χ0v) is 15.4. The lowest BCUT2D eigenvalue weighted by Gasteiger charge is -2.29. The van der Waals surface area contributed by atoms with Crippen molar-refractivity contribution in [3.63, 3.8) is 0 Å². The number of aryl methyl sites for hydroxylation is 1. The third kappa shape index (κ3) is 4.27. The summed E-state index contributed by atoms with van der Waals surface area (Å²) in [6.07, 6.45) is 3.79. The number of hydrogen-bond donors (Lipinski definition) is 0. The van der Waals surface area contributed by atoms with Gasteiger partial charge in [-0.05, 0) is 36.6 Å². The van der Waals surface area contributed by atoms with E-state index in [1.807, 2.05) is 13.0 Å². The van der Waals surface area contributed by atoms with E-state index in [9.17, 15) is 17.6 Å². The van der Waals surface area contributed by atoms with E-state index in [4.69, 9.17) is 0 Å². The SMILES string of the molecule is Cc1ccncc1CC(=O)N(Cc1ccccc1F)C1CCS(=O)(=O)C1. The Bertz CT molecular complexity index is 915. The molecule has 0 bridgehead atoms. The second-order valence-corrected chi connectivity index (χ2v) is 8.88. The minimum atomic E-state index is -3.16. The fourth-order valence-corrected chi connectivity index (χ4v) is 4.93. The lowest BCUT2D eigenvalue weighted by molar-refractivity contribution is -0.133. The van der Waals surface area contributed by atoms with Crippen LogP contribution in [0.5, 0.6) is 0 Å². The molecule has 1 aliphatic rings. The van der Waals surface area contributed by atoms with E-state index >= 15 is 0 Å². The molecule has 0 aliphatic carbocycles. The second kappa shape index (κ2) is 7.53. The van der Waals surface area contributed by atoms with E-state index in [0.717, 1.165) is 11.1 Å². The number of hydrogen-bond acceptors (Lipinski definition) is 4. The van der Waals surface area contributed by atoms with Crippen LogP contribution in [0.25, 0.3) is 0 Å². The van der Waals surface area contributed by atoms with Crippen LogP contribution in [-0.4, -0.2) is 41.8 Å². The summed E-state index contributed by atoms with van der Waals surface area (Å²) in [6, 6.07) is 7.65. The number of amides is 1. The summed E-state index contributed by atoms with van der Waals surface area (Å²) in [5, 5.41) is 0. The van der Waals surface area contributed by atoms with Gasteiger partial charge in [0, 0.05) is 30.5 Å². The molecule has 1 atom stereocenters. The van der Waals surface area contributed by atoms with Crippen LogP contribution in [0.15, 0.2) is 42.7 Å². The van der Waals surface area contributed by atoms with Crippen molar-refractivity contribution in [2.75, 3.05) is 11.5 Å². The van der Waals surface area contributed by atoms with E-state index in [-0.39, 0.29) is 30.4 Å². The molecule has 7 heteroatoms. The van der Waals surface area contributed by atoms with Gasteiger partial charge < -0.3 is 4.90 Å². The molecule has 0 radical (unpaired) electrons. The average molecular weight is 376 g/mol. The van der Waals surface area contributed by atoms with Gasteiger partial charge in [-0.25, -0.2) is 12.8 Å². The molecule has 2 aromatic rings. The van der Waals surface area contributed by atoms with Gasteiger partial charge in [0.1, 0.15) is 5.82 Å². The molecule has 1 unspecified atom stereocenters. The maximum absolute atomic E-state index is 14.1. The van der Waals surface area contributed by atoms with Gasteiger partial charge in [-0.1, -0.05) is 18.2 Å². The van der Waals surface area contributed by atoms with Crippen molar-refractivity contribution in [2.45, 2.75) is 32.4 Å². The molecule has 5 nitrogen and oxygen atoms in total. The molecule has 1 aliphatic heterocycles.